The van der Waals surface area contributed by atoms with Gasteiger partial charge in [-0.2, -0.15) is 13.5 Å². The second-order valence-electron chi connectivity index (χ2n) is 9.72. The van der Waals surface area contributed by atoms with Crippen molar-refractivity contribution in [3.63, 3.8) is 0 Å². The number of oxime groups is 1. The smallest absolute Gasteiger partial charge is 0.362 e. The van der Waals surface area contributed by atoms with Crippen molar-refractivity contribution in [3.8, 4) is 5.75 Å². The van der Waals surface area contributed by atoms with Crippen LogP contribution < -0.4 is 21.9 Å². The van der Waals surface area contributed by atoms with Gasteiger partial charge in [-0.15, -0.1) is 11.3 Å². The molecule has 21 heteroatoms. The summed E-state index contributed by atoms with van der Waals surface area (Å²) in [6.45, 7) is 0.224. The number of aliphatic imine (C=N–C) groups is 1. The van der Waals surface area contributed by atoms with E-state index in [1.165, 1.54) is 22.7 Å². The van der Waals surface area contributed by atoms with Gasteiger partial charge in [0.15, 0.2) is 16.6 Å². The van der Waals surface area contributed by atoms with Gasteiger partial charge in [0.1, 0.15) is 36.5 Å². The van der Waals surface area contributed by atoms with Crippen molar-refractivity contribution >= 4 is 56.0 Å². The minimum atomic E-state index is -4.94. The number of Topliss-reactive ketones (excluding diaryl/α,β-unsaturated/α-hetero) is 1. The summed E-state index contributed by atoms with van der Waals surface area (Å²) in [5.74, 6) is -3.97. The van der Waals surface area contributed by atoms with Gasteiger partial charge in [0.25, 0.3) is 6.10 Å². The normalized spacial score (nSPS) is 17.8. The number of carboxylic acids is 1. The number of hydrogen-bond acceptors (Lipinski definition) is 15. The van der Waals surface area contributed by atoms with Crippen LogP contribution in [0.15, 0.2) is 52.4 Å². The standard InChI is InChI=1S/C25H30N10O9S2/c26-6-1-7-30-22(27)14-2-4-15(5-3-14)43-10-20(24(38)39)44-33-21(17-11-45-25(28)32-17)19(36)8-16-18(9-34-13-29-12-31-34)35(23(16)37)46(40,41)42/h2-5,11-13,16,18,20H,1,6-10,26H2,(H2,27,30)(H2,28,32)(H,38,39)(H,40,41,42)/b33-21-/t16-,18+,20-/m0/s1. The summed E-state index contributed by atoms with van der Waals surface area (Å²) >= 11 is 0.961. The minimum Gasteiger partial charge on any atom is -0.489 e. The Balaban J connectivity index is 1.48. The Morgan fingerprint density at radius 1 is 1.22 bits per heavy atom. The van der Waals surface area contributed by atoms with Crippen LogP contribution >= 0.6 is 11.3 Å². The van der Waals surface area contributed by atoms with E-state index in [2.05, 4.69) is 25.2 Å². The van der Waals surface area contributed by atoms with Crippen LogP contribution in [0, 0.1) is 5.92 Å². The number of carbonyl (C=O) groups excluding carboxylic acids is 2. The van der Waals surface area contributed by atoms with Gasteiger partial charge < -0.3 is 31.9 Å². The van der Waals surface area contributed by atoms with E-state index >= 15 is 0 Å². The number of nitrogen functional groups attached to an aromatic ring is 1. The highest BCUT2D eigenvalue weighted by atomic mass is 32.2. The van der Waals surface area contributed by atoms with Crippen LogP contribution in [0.4, 0.5) is 5.13 Å². The average Bonchev–Trinajstić information content (AvgIpc) is 3.68. The molecule has 0 saturated carbocycles. The van der Waals surface area contributed by atoms with E-state index < -0.39 is 64.8 Å². The number of β-lactam (4-membered cyclic amide) rings is 1. The van der Waals surface area contributed by atoms with Crippen molar-refractivity contribution in [1.29, 1.82) is 0 Å². The maximum absolute atomic E-state index is 13.4. The molecule has 0 spiro atoms. The highest BCUT2D eigenvalue weighted by molar-refractivity contribution is 7.84. The summed E-state index contributed by atoms with van der Waals surface area (Å²) in [7, 11) is -4.94. The summed E-state index contributed by atoms with van der Waals surface area (Å²) in [4.78, 5) is 55.2. The summed E-state index contributed by atoms with van der Waals surface area (Å²) in [5, 5.41) is 18.8. The van der Waals surface area contributed by atoms with E-state index in [9.17, 15) is 32.5 Å². The Labute approximate surface area is 265 Å². The molecule has 4 rings (SSSR count). The van der Waals surface area contributed by atoms with E-state index in [4.69, 9.17) is 26.8 Å². The first-order valence-corrected chi connectivity index (χ1v) is 15.7. The lowest BCUT2D eigenvalue weighted by Crippen LogP contribution is -2.64. The molecule has 2 aromatic heterocycles. The fourth-order valence-corrected chi connectivity index (χ4v) is 5.74. The third-order valence-corrected chi connectivity index (χ3v) is 8.19. The van der Waals surface area contributed by atoms with E-state index in [1.54, 1.807) is 24.3 Å². The topological polar surface area (TPSA) is 294 Å². The molecule has 19 nitrogen and oxygen atoms in total. The lowest BCUT2D eigenvalue weighted by atomic mass is 9.84. The SMILES string of the molecule is NCCCN=C(N)c1ccc(OC[C@H](O/N=C(\C(=O)C[C@@H]2C(=O)N(S(=O)(=O)O)[C@@H]2Cn2cncn2)c2csc(N)n2)C(=O)O)cc1. The van der Waals surface area contributed by atoms with Crippen molar-refractivity contribution in [2.45, 2.75) is 31.5 Å². The number of hydrogen-bond donors (Lipinski definition) is 5. The van der Waals surface area contributed by atoms with Gasteiger partial charge in [-0.3, -0.25) is 23.8 Å². The fraction of sp³-hybridized carbons (Fsp3) is 0.360. The Bertz CT molecular complexity index is 1710. The third kappa shape index (κ3) is 8.38. The number of carbonyl (C=O) groups is 3. The predicted octanol–water partition coefficient (Wildman–Crippen LogP) is -1.09. The van der Waals surface area contributed by atoms with E-state index in [0.717, 1.165) is 11.3 Å². The summed E-state index contributed by atoms with van der Waals surface area (Å²) in [6, 6.07) is 5.19. The molecule has 1 fully saturated rings. The zero-order valence-corrected chi connectivity index (χ0v) is 25.6. The summed E-state index contributed by atoms with van der Waals surface area (Å²) in [5.41, 5.74) is 17.2. The first kappa shape index (κ1) is 33.9. The molecule has 0 bridgehead atoms. The third-order valence-electron chi connectivity index (χ3n) is 6.57. The zero-order chi connectivity index (χ0) is 33.4. The number of aromatic nitrogens is 4. The number of rotatable bonds is 17. The molecule has 1 amide bonds. The number of aliphatic carboxylic acids is 1. The molecular weight excluding hydrogens is 648 g/mol. The molecule has 8 N–H and O–H groups in total. The van der Waals surface area contributed by atoms with Crippen LogP contribution in [-0.4, -0.2) is 103 Å². The lowest BCUT2D eigenvalue weighted by molar-refractivity contribution is -0.152. The maximum atomic E-state index is 13.4. The Morgan fingerprint density at radius 2 is 1.96 bits per heavy atom. The highest BCUT2D eigenvalue weighted by Gasteiger charge is 2.54. The second kappa shape index (κ2) is 14.9. The fourth-order valence-electron chi connectivity index (χ4n) is 4.27. The molecule has 46 heavy (non-hydrogen) atoms. The minimum absolute atomic E-state index is 0.0588. The van der Waals surface area contributed by atoms with Crippen LogP contribution in [0.1, 0.15) is 24.1 Å². The number of benzene rings is 1. The highest BCUT2D eigenvalue weighted by Crippen LogP contribution is 2.33. The number of nitrogens with zero attached hydrogens (tertiary/aromatic N) is 7. The molecule has 1 aromatic carbocycles. The van der Waals surface area contributed by atoms with Crippen LogP contribution in [-0.2, 0) is 36.1 Å². The van der Waals surface area contributed by atoms with Gasteiger partial charge in [-0.05, 0) is 37.2 Å². The van der Waals surface area contributed by atoms with Gasteiger partial charge in [-0.25, -0.2) is 19.1 Å². The van der Waals surface area contributed by atoms with Gasteiger partial charge in [0.2, 0.25) is 5.91 Å². The summed E-state index contributed by atoms with van der Waals surface area (Å²) < 4.78 is 40.2. The van der Waals surface area contributed by atoms with Gasteiger partial charge >= 0.3 is 16.3 Å². The number of ketones is 1. The molecule has 3 atom stereocenters. The largest absolute Gasteiger partial charge is 0.489 e. The molecule has 3 aromatic rings. The van der Waals surface area contributed by atoms with E-state index in [0.29, 0.717) is 30.9 Å². The van der Waals surface area contributed by atoms with Crippen molar-refractivity contribution in [2.24, 2.45) is 27.5 Å². The van der Waals surface area contributed by atoms with Crippen LogP contribution in [0.3, 0.4) is 0 Å². The van der Waals surface area contributed by atoms with Crippen molar-refractivity contribution in [3.05, 3.63) is 53.6 Å². The quantitative estimate of drug-likeness (QED) is 0.0283. The van der Waals surface area contributed by atoms with Crippen molar-refractivity contribution in [1.82, 2.24) is 24.1 Å². The Kier molecular flexibility index (Phi) is 10.9. The van der Waals surface area contributed by atoms with Gasteiger partial charge in [-0.1, -0.05) is 5.16 Å². The average molecular weight is 679 g/mol. The molecule has 0 radical (unpaired) electrons. The van der Waals surface area contributed by atoms with Crippen LogP contribution in [0.25, 0.3) is 0 Å². The molecular formula is C25H30N10O9S2. The second-order valence-corrected chi connectivity index (χ2v) is 11.9. The Morgan fingerprint density at radius 3 is 2.54 bits per heavy atom. The number of anilines is 1. The predicted molar refractivity (Wildman–Crippen MR) is 162 cm³/mol. The number of ether oxygens (including phenoxy) is 1. The van der Waals surface area contributed by atoms with Crippen LogP contribution in [0.2, 0.25) is 0 Å². The van der Waals surface area contributed by atoms with Crippen LogP contribution in [0.5, 0.6) is 5.75 Å². The lowest BCUT2D eigenvalue weighted by Gasteiger charge is -2.43. The molecule has 0 aliphatic carbocycles. The number of thiazole rings is 1. The Hall–Kier alpha value is -4.99. The van der Waals surface area contributed by atoms with Gasteiger partial charge in [0.05, 0.1) is 18.5 Å². The zero-order valence-electron chi connectivity index (χ0n) is 23.9. The first-order valence-electron chi connectivity index (χ1n) is 13.5. The van der Waals surface area contributed by atoms with E-state index in [1.807, 2.05) is 0 Å². The summed E-state index contributed by atoms with van der Waals surface area (Å²) in [6.07, 6.45) is 0.839. The van der Waals surface area contributed by atoms with E-state index in [-0.39, 0.29) is 27.4 Å². The molecule has 1 saturated heterocycles. The first-order chi connectivity index (χ1) is 21.9. The molecule has 3 heterocycles. The molecule has 1 aliphatic heterocycles. The molecule has 1 aliphatic rings. The number of carboxylic acid groups (broad SMARTS) is 1. The van der Waals surface area contributed by atoms with Crippen molar-refractivity contribution < 1.29 is 42.0 Å². The number of amidine groups is 1. The molecule has 246 valence electrons. The van der Waals surface area contributed by atoms with Crippen molar-refractivity contribution in [2.75, 3.05) is 25.4 Å². The maximum Gasteiger partial charge on any atom is 0.362 e. The monoisotopic (exact) mass is 678 g/mol. The number of amides is 1. The van der Waals surface area contributed by atoms with Gasteiger partial charge in [0, 0.05) is 23.9 Å². The molecule has 0 unspecified atom stereocenters. The number of nitrogens with two attached hydrogens (primary N) is 3.